The molecule has 2 heterocycles. The summed E-state index contributed by atoms with van der Waals surface area (Å²) in [6, 6.07) is 3.34. The molecule has 2 aromatic rings. The molecule has 0 spiro atoms. The molecule has 0 saturated heterocycles. The van der Waals surface area contributed by atoms with Crippen molar-refractivity contribution in [1.82, 2.24) is 9.38 Å². The molecule has 0 bridgehead atoms. The van der Waals surface area contributed by atoms with Gasteiger partial charge in [0.2, 0.25) is 0 Å². The first kappa shape index (κ1) is 6.68. The second-order valence-corrected chi connectivity index (χ2v) is 2.38. The first-order chi connectivity index (χ1) is 5.81. The van der Waals surface area contributed by atoms with Gasteiger partial charge in [-0.15, -0.1) is 0 Å². The molecule has 4 nitrogen and oxygen atoms in total. The molecule has 4 heteroatoms. The van der Waals surface area contributed by atoms with Gasteiger partial charge in [-0.1, -0.05) is 0 Å². The lowest BCUT2D eigenvalue weighted by Gasteiger charge is -1.96. The zero-order valence-corrected chi connectivity index (χ0v) is 6.10. The van der Waals surface area contributed by atoms with E-state index in [0.29, 0.717) is 5.65 Å². The molecule has 0 aliphatic carbocycles. The van der Waals surface area contributed by atoms with Crippen molar-refractivity contribution >= 4 is 5.65 Å². The molecule has 0 aliphatic rings. The zero-order chi connectivity index (χ0) is 8.55. The summed E-state index contributed by atoms with van der Waals surface area (Å²) in [7, 11) is 0. The first-order valence-electron chi connectivity index (χ1n) is 3.37. The number of fused-ring (bicyclic) bond motifs is 1. The van der Waals surface area contributed by atoms with E-state index in [0.717, 1.165) is 0 Å². The van der Waals surface area contributed by atoms with Crippen LogP contribution in [0.5, 0.6) is 5.75 Å². The van der Waals surface area contributed by atoms with Gasteiger partial charge < -0.3 is 9.51 Å². The van der Waals surface area contributed by atoms with Crippen molar-refractivity contribution in [1.29, 1.82) is 5.26 Å². The maximum absolute atomic E-state index is 9.25. The number of rotatable bonds is 0. The van der Waals surface area contributed by atoms with Crippen molar-refractivity contribution in [3.8, 4) is 11.8 Å². The SMILES string of the molecule is N#Cc1cn2ccnc2cc1O. The number of aromatic hydroxyl groups is 1. The Kier molecular flexibility index (Phi) is 1.25. The minimum Gasteiger partial charge on any atom is -0.506 e. The molecular weight excluding hydrogens is 154 g/mol. The molecule has 2 aromatic heterocycles. The third-order valence-electron chi connectivity index (χ3n) is 1.63. The molecule has 2 rings (SSSR count). The molecule has 1 N–H and O–H groups in total. The largest absolute Gasteiger partial charge is 0.506 e. The highest BCUT2D eigenvalue weighted by molar-refractivity contribution is 5.51. The number of aromatic nitrogens is 2. The van der Waals surface area contributed by atoms with Crippen molar-refractivity contribution in [2.24, 2.45) is 0 Å². The fourth-order valence-corrected chi connectivity index (χ4v) is 1.04. The molecule has 0 fully saturated rings. The minimum absolute atomic E-state index is 0.0313. The van der Waals surface area contributed by atoms with Crippen LogP contribution in [0.1, 0.15) is 5.56 Å². The number of nitriles is 1. The summed E-state index contributed by atoms with van der Waals surface area (Å²) in [5, 5.41) is 17.8. The Morgan fingerprint density at radius 2 is 2.42 bits per heavy atom. The van der Waals surface area contributed by atoms with Gasteiger partial charge in [0, 0.05) is 24.7 Å². The van der Waals surface area contributed by atoms with E-state index in [9.17, 15) is 5.11 Å². The van der Waals surface area contributed by atoms with E-state index < -0.39 is 0 Å². The standard InChI is InChI=1S/C8H5N3O/c9-4-6-5-11-2-1-10-8(11)3-7(6)12/h1-3,5,12H. The highest BCUT2D eigenvalue weighted by Crippen LogP contribution is 2.17. The van der Waals surface area contributed by atoms with Gasteiger partial charge in [-0.2, -0.15) is 5.26 Å². The number of hydrogen-bond donors (Lipinski definition) is 1. The smallest absolute Gasteiger partial charge is 0.140 e. The fourth-order valence-electron chi connectivity index (χ4n) is 1.04. The van der Waals surface area contributed by atoms with E-state index in [-0.39, 0.29) is 11.3 Å². The van der Waals surface area contributed by atoms with Gasteiger partial charge >= 0.3 is 0 Å². The lowest BCUT2D eigenvalue weighted by molar-refractivity contribution is 0.473. The number of pyridine rings is 1. The van der Waals surface area contributed by atoms with Gasteiger partial charge in [0.1, 0.15) is 23.0 Å². The Balaban J connectivity index is 2.84. The molecule has 0 saturated carbocycles. The second kappa shape index (κ2) is 2.24. The van der Waals surface area contributed by atoms with Gasteiger partial charge in [0.05, 0.1) is 0 Å². The zero-order valence-electron chi connectivity index (χ0n) is 6.10. The minimum atomic E-state index is -0.0313. The van der Waals surface area contributed by atoms with Crippen LogP contribution in [-0.4, -0.2) is 14.5 Å². The van der Waals surface area contributed by atoms with E-state index in [2.05, 4.69) is 4.98 Å². The van der Waals surface area contributed by atoms with E-state index in [1.165, 1.54) is 12.3 Å². The van der Waals surface area contributed by atoms with E-state index >= 15 is 0 Å². The number of nitrogens with zero attached hydrogens (tertiary/aromatic N) is 3. The summed E-state index contributed by atoms with van der Waals surface area (Å²) in [6.07, 6.45) is 4.86. The Morgan fingerprint density at radius 1 is 1.58 bits per heavy atom. The average molecular weight is 159 g/mol. The van der Waals surface area contributed by atoms with Crippen LogP contribution in [-0.2, 0) is 0 Å². The molecule has 0 amide bonds. The highest BCUT2D eigenvalue weighted by Gasteiger charge is 2.02. The van der Waals surface area contributed by atoms with E-state index in [4.69, 9.17) is 5.26 Å². The van der Waals surface area contributed by atoms with Crippen LogP contribution < -0.4 is 0 Å². The van der Waals surface area contributed by atoms with Gasteiger partial charge in [-0.05, 0) is 0 Å². The maximum Gasteiger partial charge on any atom is 0.140 e. The quantitative estimate of drug-likeness (QED) is 0.621. The van der Waals surface area contributed by atoms with Crippen molar-refractivity contribution in [3.63, 3.8) is 0 Å². The Bertz CT molecular complexity index is 467. The molecule has 0 radical (unpaired) electrons. The van der Waals surface area contributed by atoms with Crippen LogP contribution >= 0.6 is 0 Å². The van der Waals surface area contributed by atoms with Gasteiger partial charge in [-0.25, -0.2) is 4.98 Å². The van der Waals surface area contributed by atoms with Crippen LogP contribution in [0, 0.1) is 11.3 Å². The predicted octanol–water partition coefficient (Wildman–Crippen LogP) is 0.912. The van der Waals surface area contributed by atoms with Crippen LogP contribution in [0.4, 0.5) is 0 Å². The van der Waals surface area contributed by atoms with Crippen LogP contribution in [0.25, 0.3) is 5.65 Å². The Labute approximate surface area is 68.3 Å². The normalized spacial score (nSPS) is 9.92. The maximum atomic E-state index is 9.25. The van der Waals surface area contributed by atoms with Gasteiger partial charge in [-0.3, -0.25) is 0 Å². The lowest BCUT2D eigenvalue weighted by atomic mass is 10.3. The predicted molar refractivity (Wildman–Crippen MR) is 41.6 cm³/mol. The van der Waals surface area contributed by atoms with E-state index in [1.54, 1.807) is 16.8 Å². The fraction of sp³-hybridized carbons (Fsp3) is 0. The van der Waals surface area contributed by atoms with Crippen LogP contribution in [0.15, 0.2) is 24.7 Å². The van der Waals surface area contributed by atoms with E-state index in [1.807, 2.05) is 6.07 Å². The van der Waals surface area contributed by atoms with Crippen molar-refractivity contribution < 1.29 is 5.11 Å². The lowest BCUT2D eigenvalue weighted by Crippen LogP contribution is -1.85. The van der Waals surface area contributed by atoms with Crippen LogP contribution in [0.2, 0.25) is 0 Å². The van der Waals surface area contributed by atoms with Crippen LogP contribution in [0.3, 0.4) is 0 Å². The summed E-state index contributed by atoms with van der Waals surface area (Å²) in [4.78, 5) is 3.95. The van der Waals surface area contributed by atoms with Crippen molar-refractivity contribution in [2.75, 3.05) is 0 Å². The van der Waals surface area contributed by atoms with Gasteiger partial charge in [0.15, 0.2) is 0 Å². The van der Waals surface area contributed by atoms with Crippen molar-refractivity contribution in [3.05, 3.63) is 30.2 Å². The van der Waals surface area contributed by atoms with Gasteiger partial charge in [0.25, 0.3) is 0 Å². The third kappa shape index (κ3) is 0.805. The third-order valence-corrected chi connectivity index (χ3v) is 1.63. The molecular formula is C8H5N3O. The number of imidazole rings is 1. The molecule has 12 heavy (non-hydrogen) atoms. The summed E-state index contributed by atoms with van der Waals surface area (Å²) >= 11 is 0. The Morgan fingerprint density at radius 3 is 3.17 bits per heavy atom. The molecule has 58 valence electrons. The summed E-state index contributed by atoms with van der Waals surface area (Å²) in [5.41, 5.74) is 0.881. The molecule has 0 aliphatic heterocycles. The monoisotopic (exact) mass is 159 g/mol. The Hall–Kier alpha value is -2.02. The molecule has 0 aromatic carbocycles. The first-order valence-corrected chi connectivity index (χ1v) is 3.37. The summed E-state index contributed by atoms with van der Waals surface area (Å²) in [6.45, 7) is 0. The topological polar surface area (TPSA) is 61.3 Å². The average Bonchev–Trinajstić information content (AvgIpc) is 2.49. The summed E-state index contributed by atoms with van der Waals surface area (Å²) < 4.78 is 1.68. The summed E-state index contributed by atoms with van der Waals surface area (Å²) in [5.74, 6) is -0.0313. The highest BCUT2D eigenvalue weighted by atomic mass is 16.3. The molecule has 0 atom stereocenters. The second-order valence-electron chi connectivity index (χ2n) is 2.38. The number of hydrogen-bond acceptors (Lipinski definition) is 3. The van der Waals surface area contributed by atoms with Crippen molar-refractivity contribution in [2.45, 2.75) is 0 Å². The molecule has 0 unspecified atom stereocenters.